The summed E-state index contributed by atoms with van der Waals surface area (Å²) in [4.78, 5) is 57.4. The van der Waals surface area contributed by atoms with Crippen LogP contribution in [-0.2, 0) is 43.3 Å². The Bertz CT molecular complexity index is 1400. The Balaban J connectivity index is 1.76. The first-order valence-electron chi connectivity index (χ1n) is 11.4. The molecule has 2 aromatic rings. The van der Waals surface area contributed by atoms with E-state index >= 15 is 0 Å². The second-order valence-electron chi connectivity index (χ2n) is 7.99. The zero-order valence-corrected chi connectivity index (χ0v) is 23.3. The third kappa shape index (κ3) is 9.28. The van der Waals surface area contributed by atoms with Crippen molar-refractivity contribution in [2.24, 2.45) is 5.11 Å². The van der Waals surface area contributed by atoms with Gasteiger partial charge in [-0.3, -0.25) is 9.46 Å². The van der Waals surface area contributed by atoms with Crippen LogP contribution in [0.25, 0.3) is 10.4 Å². The van der Waals surface area contributed by atoms with Gasteiger partial charge in [0.1, 0.15) is 29.8 Å². The van der Waals surface area contributed by atoms with Gasteiger partial charge in [-0.15, -0.1) is 32.0 Å². The molecule has 0 bridgehead atoms. The molecule has 41 heavy (non-hydrogen) atoms. The lowest BCUT2D eigenvalue weighted by molar-refractivity contribution is -0.789. The maximum absolute atomic E-state index is 13.0. The van der Waals surface area contributed by atoms with E-state index in [1.165, 1.54) is 24.3 Å². The molecular formula is C21H20N6O11PS2-. The van der Waals surface area contributed by atoms with Gasteiger partial charge < -0.3 is 36.1 Å². The zero-order valence-electron chi connectivity index (χ0n) is 20.8. The summed E-state index contributed by atoms with van der Waals surface area (Å²) in [6.45, 7) is 1.35. The van der Waals surface area contributed by atoms with Gasteiger partial charge in [0.25, 0.3) is 10.2 Å². The Labute approximate surface area is 241 Å². The number of carbonyl (C=O) groups is 2. The fourth-order valence-corrected chi connectivity index (χ4v) is 6.72. The minimum absolute atomic E-state index is 0.0368. The lowest BCUT2D eigenvalue weighted by Gasteiger charge is -2.43. The molecule has 17 nitrogen and oxygen atoms in total. The zero-order chi connectivity index (χ0) is 30.0. The SMILES string of the molecule is [N-]=[N+]=Nc1ccc(C(=O)Oc2ccc(P(=S)([S-])N3CCOCC3)cc2)c(OC(=O)CC(CO[N+](=O)[O-])O[N+](=O)[O-])c1. The normalized spacial score (nSPS) is 15.3. The molecule has 0 aliphatic carbocycles. The average Bonchev–Trinajstić information content (AvgIpc) is 2.92. The molecule has 1 fully saturated rings. The quantitative estimate of drug-likeness (QED) is 0.0359. The van der Waals surface area contributed by atoms with Crippen molar-refractivity contribution in [1.29, 1.82) is 0 Å². The minimum atomic E-state index is -2.47. The standard InChI is InChI=1S/C21H21N6O11PS2/c22-24-23-14-1-6-18(19(11-14)37-20(28)12-16(38-27(32)33)13-35-26(30)31)21(29)36-15-2-4-17(5-3-15)39(40,41)25-7-9-34-10-8-25/h1-6,11,16H,7-10,12-13H2,(H,40,41)/p-1. The molecule has 0 aromatic heterocycles. The Hall–Kier alpha value is -3.99. The van der Waals surface area contributed by atoms with Crippen LogP contribution in [-0.4, -0.2) is 65.8 Å². The van der Waals surface area contributed by atoms with Gasteiger partial charge >= 0.3 is 11.9 Å². The van der Waals surface area contributed by atoms with E-state index in [4.69, 9.17) is 43.8 Å². The first-order valence-corrected chi connectivity index (χ1v) is 15.2. The van der Waals surface area contributed by atoms with E-state index in [-0.39, 0.29) is 17.0 Å². The van der Waals surface area contributed by atoms with Crippen LogP contribution in [0.3, 0.4) is 0 Å². The van der Waals surface area contributed by atoms with E-state index in [0.717, 1.165) is 11.4 Å². The molecule has 218 valence electrons. The number of nitrogens with zero attached hydrogens (tertiary/aromatic N) is 6. The number of esters is 2. The first-order chi connectivity index (χ1) is 19.5. The topological polar surface area (TPSA) is 219 Å². The van der Waals surface area contributed by atoms with Crippen molar-refractivity contribution in [3.05, 3.63) is 78.7 Å². The molecule has 2 unspecified atom stereocenters. The summed E-state index contributed by atoms with van der Waals surface area (Å²) in [5.74, 6) is -2.43. The minimum Gasteiger partial charge on any atom is -0.727 e. The Kier molecular flexibility index (Phi) is 11.2. The smallest absolute Gasteiger partial charge is 0.347 e. The number of ether oxygens (including phenoxy) is 3. The molecule has 0 amide bonds. The summed E-state index contributed by atoms with van der Waals surface area (Å²) in [7, 11) is 0. The molecule has 2 atom stereocenters. The molecule has 0 saturated carbocycles. The summed E-state index contributed by atoms with van der Waals surface area (Å²) < 4.78 is 17.9. The van der Waals surface area contributed by atoms with Gasteiger partial charge in [0.05, 0.1) is 19.6 Å². The Morgan fingerprint density at radius 3 is 2.44 bits per heavy atom. The highest BCUT2D eigenvalue weighted by Crippen LogP contribution is 2.46. The molecule has 1 aliphatic heterocycles. The summed E-state index contributed by atoms with van der Waals surface area (Å²) in [6, 6.07) is 9.84. The van der Waals surface area contributed by atoms with E-state index in [2.05, 4.69) is 19.7 Å². The van der Waals surface area contributed by atoms with Gasteiger partial charge in [-0.05, 0) is 35.1 Å². The lowest BCUT2D eigenvalue weighted by atomic mass is 10.1. The van der Waals surface area contributed by atoms with E-state index < -0.39 is 52.4 Å². The van der Waals surface area contributed by atoms with Crippen LogP contribution >= 0.6 is 5.39 Å². The summed E-state index contributed by atoms with van der Waals surface area (Å²) in [5.41, 5.74) is 8.42. The molecular weight excluding hydrogens is 607 g/mol. The highest BCUT2D eigenvalue weighted by molar-refractivity contribution is 8.56. The Morgan fingerprint density at radius 1 is 1.15 bits per heavy atom. The summed E-state index contributed by atoms with van der Waals surface area (Å²) in [5, 5.41) is 20.2. The third-order valence-corrected chi connectivity index (χ3v) is 10.0. The van der Waals surface area contributed by atoms with Crippen LogP contribution in [0.2, 0.25) is 0 Å². The molecule has 20 heteroatoms. The maximum Gasteiger partial charge on any atom is 0.347 e. The van der Waals surface area contributed by atoms with E-state index in [0.29, 0.717) is 26.3 Å². The van der Waals surface area contributed by atoms with Crippen LogP contribution in [0, 0.1) is 20.2 Å². The molecule has 0 radical (unpaired) electrons. The molecule has 0 N–H and O–H groups in total. The van der Waals surface area contributed by atoms with E-state index in [1.54, 1.807) is 12.1 Å². The van der Waals surface area contributed by atoms with Crippen LogP contribution < -0.4 is 14.8 Å². The number of benzene rings is 2. The predicted molar refractivity (Wildman–Crippen MR) is 145 cm³/mol. The van der Waals surface area contributed by atoms with E-state index in [9.17, 15) is 29.8 Å². The number of azide groups is 1. The van der Waals surface area contributed by atoms with E-state index in [1.807, 2.05) is 4.67 Å². The first kappa shape index (κ1) is 31.5. The van der Waals surface area contributed by atoms with Crippen molar-refractivity contribution in [3.63, 3.8) is 0 Å². The molecule has 1 saturated heterocycles. The van der Waals surface area contributed by atoms with Crippen LogP contribution in [0.4, 0.5) is 5.69 Å². The largest absolute Gasteiger partial charge is 0.727 e. The van der Waals surface area contributed by atoms with Gasteiger partial charge in [0, 0.05) is 23.7 Å². The van der Waals surface area contributed by atoms with Crippen molar-refractivity contribution in [1.82, 2.24) is 4.67 Å². The van der Waals surface area contributed by atoms with Crippen LogP contribution in [0.1, 0.15) is 16.8 Å². The number of hydrogen-bond acceptors (Lipinski definition) is 14. The highest BCUT2D eigenvalue weighted by Gasteiger charge is 2.24. The van der Waals surface area contributed by atoms with Crippen molar-refractivity contribution >= 4 is 52.4 Å². The monoisotopic (exact) mass is 627 g/mol. The predicted octanol–water partition coefficient (Wildman–Crippen LogP) is 2.74. The molecule has 1 heterocycles. The summed E-state index contributed by atoms with van der Waals surface area (Å²) >= 11 is 11.5. The van der Waals surface area contributed by atoms with Crippen LogP contribution in [0.15, 0.2) is 47.6 Å². The fourth-order valence-electron chi connectivity index (χ4n) is 3.47. The average molecular weight is 628 g/mol. The second kappa shape index (κ2) is 14.6. The number of morpholine rings is 1. The fraction of sp³-hybridized carbons (Fsp3) is 0.333. The van der Waals surface area contributed by atoms with Gasteiger partial charge in [-0.25, -0.2) is 4.79 Å². The van der Waals surface area contributed by atoms with Gasteiger partial charge in [0.15, 0.2) is 0 Å². The lowest BCUT2D eigenvalue weighted by Crippen LogP contribution is -2.35. The van der Waals surface area contributed by atoms with Crippen molar-refractivity contribution in [2.45, 2.75) is 12.5 Å². The molecule has 3 rings (SSSR count). The number of hydrogen-bond donors (Lipinski definition) is 0. The number of rotatable bonds is 13. The molecule has 2 aromatic carbocycles. The summed E-state index contributed by atoms with van der Waals surface area (Å²) in [6.07, 6.45) is -2.56. The van der Waals surface area contributed by atoms with Gasteiger partial charge in [-0.2, -0.15) is 0 Å². The maximum atomic E-state index is 13.0. The van der Waals surface area contributed by atoms with Crippen molar-refractivity contribution in [2.75, 3.05) is 32.9 Å². The second-order valence-corrected chi connectivity index (χ2v) is 14.0. The van der Waals surface area contributed by atoms with Crippen LogP contribution in [0.5, 0.6) is 11.5 Å². The molecule has 0 spiro atoms. The van der Waals surface area contributed by atoms with Gasteiger partial charge in [0.2, 0.25) is 0 Å². The van der Waals surface area contributed by atoms with Crippen molar-refractivity contribution in [3.8, 4) is 11.5 Å². The number of carbonyl (C=O) groups excluding carboxylic acids is 2. The molecule has 1 aliphatic rings. The Morgan fingerprint density at radius 2 is 1.83 bits per heavy atom. The van der Waals surface area contributed by atoms with Gasteiger partial charge in [-0.1, -0.05) is 28.7 Å². The third-order valence-electron chi connectivity index (χ3n) is 5.30. The highest BCUT2D eigenvalue weighted by atomic mass is 32.9. The van der Waals surface area contributed by atoms with Crippen molar-refractivity contribution < 1.29 is 43.6 Å².